The molecule has 0 heterocycles. The number of sulfone groups is 2. The van der Waals surface area contributed by atoms with E-state index in [0.29, 0.717) is 11.1 Å². The van der Waals surface area contributed by atoms with E-state index in [4.69, 9.17) is 5.73 Å². The summed E-state index contributed by atoms with van der Waals surface area (Å²) in [6.45, 7) is 0. The first-order valence-corrected chi connectivity index (χ1v) is 12.9. The van der Waals surface area contributed by atoms with Gasteiger partial charge in [0.1, 0.15) is 6.04 Å². The Hall–Kier alpha value is -2.76. The fourth-order valence-electron chi connectivity index (χ4n) is 2.87. The average molecular weight is 469 g/mol. The Labute approximate surface area is 181 Å². The Balaban J connectivity index is 2.11. The number of amides is 1. The van der Waals surface area contributed by atoms with Crippen LogP contribution < -0.4 is 11.1 Å². The number of hydrogen-bond acceptors (Lipinski definition) is 7. The Morgan fingerprint density at radius 1 is 0.903 bits per heavy atom. The first kappa shape index (κ1) is 24.5. The molecule has 2 rings (SSSR count). The minimum absolute atomic E-state index is 0.00506. The highest BCUT2D eigenvalue weighted by Gasteiger charge is 2.24. The SMILES string of the molecule is CS(=O)(=O)c1cccc(C[C@H](NC(=O)[C@@H](N)Cc2cccc(S(C)(=O)=O)c2)C(=O)O)c1. The van der Waals surface area contributed by atoms with Crippen molar-refractivity contribution in [3.05, 3.63) is 59.7 Å². The number of benzene rings is 2. The lowest BCUT2D eigenvalue weighted by Crippen LogP contribution is -2.50. The third kappa shape index (κ3) is 7.16. The van der Waals surface area contributed by atoms with E-state index in [9.17, 15) is 31.5 Å². The van der Waals surface area contributed by atoms with Crippen molar-refractivity contribution in [3.8, 4) is 0 Å². The number of rotatable bonds is 9. The second-order valence-electron chi connectivity index (χ2n) is 7.25. The monoisotopic (exact) mass is 468 g/mol. The summed E-state index contributed by atoms with van der Waals surface area (Å²) in [5, 5.41) is 11.8. The van der Waals surface area contributed by atoms with Crippen LogP contribution in [0.2, 0.25) is 0 Å². The van der Waals surface area contributed by atoms with Crippen LogP contribution in [0.1, 0.15) is 11.1 Å². The number of carboxylic acid groups (broad SMARTS) is 1. The highest BCUT2D eigenvalue weighted by Crippen LogP contribution is 2.14. The van der Waals surface area contributed by atoms with Crippen LogP contribution in [0.15, 0.2) is 58.3 Å². The standard InChI is InChI=1S/C20H24N2O7S2/c1-30(26,27)15-7-3-5-13(9-15)11-17(21)19(23)22-18(20(24)25)12-14-6-4-8-16(10-14)31(2,28)29/h3-10,17-18H,11-12,21H2,1-2H3,(H,22,23)(H,24,25)/t17-,18-/m0/s1. The molecule has 0 radical (unpaired) electrons. The molecular weight excluding hydrogens is 444 g/mol. The normalized spacial score (nSPS) is 13.9. The van der Waals surface area contributed by atoms with E-state index in [-0.39, 0.29) is 22.6 Å². The van der Waals surface area contributed by atoms with Crippen LogP contribution >= 0.6 is 0 Å². The molecule has 11 heteroatoms. The summed E-state index contributed by atoms with van der Waals surface area (Å²) in [6, 6.07) is 9.36. The highest BCUT2D eigenvalue weighted by atomic mass is 32.2. The number of nitrogens with one attached hydrogen (secondary N) is 1. The lowest BCUT2D eigenvalue weighted by Gasteiger charge is -2.18. The van der Waals surface area contributed by atoms with Crippen molar-refractivity contribution >= 4 is 31.6 Å². The average Bonchev–Trinajstić information content (AvgIpc) is 2.66. The molecule has 0 saturated carbocycles. The van der Waals surface area contributed by atoms with Gasteiger partial charge in [0.15, 0.2) is 19.7 Å². The Morgan fingerprint density at radius 3 is 1.77 bits per heavy atom. The quantitative estimate of drug-likeness (QED) is 0.469. The molecule has 0 unspecified atom stereocenters. The second kappa shape index (κ2) is 9.58. The van der Waals surface area contributed by atoms with Gasteiger partial charge in [0.2, 0.25) is 5.91 Å². The van der Waals surface area contributed by atoms with Gasteiger partial charge in [-0.3, -0.25) is 4.79 Å². The number of carbonyl (C=O) groups is 2. The van der Waals surface area contributed by atoms with E-state index in [0.717, 1.165) is 12.5 Å². The fraction of sp³-hybridized carbons (Fsp3) is 0.300. The highest BCUT2D eigenvalue weighted by molar-refractivity contribution is 7.91. The summed E-state index contributed by atoms with van der Waals surface area (Å²) in [4.78, 5) is 24.2. The van der Waals surface area contributed by atoms with E-state index < -0.39 is 43.6 Å². The van der Waals surface area contributed by atoms with Gasteiger partial charge < -0.3 is 16.2 Å². The number of hydrogen-bond donors (Lipinski definition) is 3. The summed E-state index contributed by atoms with van der Waals surface area (Å²) >= 11 is 0. The fourth-order valence-corrected chi connectivity index (χ4v) is 4.25. The third-order valence-corrected chi connectivity index (χ3v) is 6.72. The molecule has 168 valence electrons. The van der Waals surface area contributed by atoms with Gasteiger partial charge >= 0.3 is 5.97 Å². The summed E-state index contributed by atoms with van der Waals surface area (Å²) in [6.07, 6.45) is 1.97. The number of nitrogens with two attached hydrogens (primary N) is 1. The van der Waals surface area contributed by atoms with E-state index >= 15 is 0 Å². The molecule has 0 aliphatic carbocycles. The molecule has 1 amide bonds. The van der Waals surface area contributed by atoms with Crippen molar-refractivity contribution in [1.29, 1.82) is 0 Å². The van der Waals surface area contributed by atoms with Gasteiger partial charge in [-0.2, -0.15) is 0 Å². The predicted octanol–water partition coefficient (Wildman–Crippen LogP) is 0.176. The molecule has 31 heavy (non-hydrogen) atoms. The van der Waals surface area contributed by atoms with E-state index in [2.05, 4.69) is 5.32 Å². The number of carbonyl (C=O) groups excluding carboxylic acids is 1. The molecule has 0 bridgehead atoms. The summed E-state index contributed by atoms with van der Waals surface area (Å²) < 4.78 is 46.7. The van der Waals surface area contributed by atoms with Crippen molar-refractivity contribution in [2.24, 2.45) is 5.73 Å². The smallest absolute Gasteiger partial charge is 0.326 e. The van der Waals surface area contributed by atoms with Crippen molar-refractivity contribution in [1.82, 2.24) is 5.32 Å². The van der Waals surface area contributed by atoms with Gasteiger partial charge in [-0.1, -0.05) is 24.3 Å². The molecule has 0 saturated heterocycles. The maximum atomic E-state index is 12.4. The molecule has 4 N–H and O–H groups in total. The summed E-state index contributed by atoms with van der Waals surface area (Å²) in [5.74, 6) is -2.03. The Kier molecular flexibility index (Phi) is 7.58. The first-order chi connectivity index (χ1) is 14.3. The molecule has 2 aromatic rings. The number of aliphatic carboxylic acids is 1. The number of carboxylic acids is 1. The van der Waals surface area contributed by atoms with Gasteiger partial charge in [0.25, 0.3) is 0 Å². The molecule has 2 aromatic carbocycles. The van der Waals surface area contributed by atoms with Gasteiger partial charge in [-0.05, 0) is 41.8 Å². The summed E-state index contributed by atoms with van der Waals surface area (Å²) in [5.41, 5.74) is 6.83. The van der Waals surface area contributed by atoms with Crippen molar-refractivity contribution in [2.45, 2.75) is 34.7 Å². The topological polar surface area (TPSA) is 161 Å². The zero-order chi connectivity index (χ0) is 23.4. The molecule has 9 nitrogen and oxygen atoms in total. The Morgan fingerprint density at radius 2 is 1.35 bits per heavy atom. The largest absolute Gasteiger partial charge is 0.480 e. The second-order valence-corrected chi connectivity index (χ2v) is 11.3. The minimum Gasteiger partial charge on any atom is -0.480 e. The molecule has 0 fully saturated rings. The molecule has 0 aliphatic heterocycles. The third-order valence-electron chi connectivity index (χ3n) is 4.50. The van der Waals surface area contributed by atoms with Crippen molar-refractivity contribution in [3.63, 3.8) is 0 Å². The van der Waals surface area contributed by atoms with Crippen LogP contribution in [0, 0.1) is 0 Å². The molecular formula is C20H24N2O7S2. The lowest BCUT2D eigenvalue weighted by atomic mass is 10.0. The van der Waals surface area contributed by atoms with Crippen molar-refractivity contribution in [2.75, 3.05) is 12.5 Å². The van der Waals surface area contributed by atoms with Crippen LogP contribution in [-0.4, -0.2) is 58.4 Å². The maximum absolute atomic E-state index is 12.4. The van der Waals surface area contributed by atoms with E-state index in [1.807, 2.05) is 0 Å². The zero-order valence-electron chi connectivity index (χ0n) is 17.0. The Bertz CT molecular complexity index is 1190. The maximum Gasteiger partial charge on any atom is 0.326 e. The minimum atomic E-state index is -3.46. The van der Waals surface area contributed by atoms with E-state index in [1.165, 1.54) is 36.4 Å². The van der Waals surface area contributed by atoms with Gasteiger partial charge in [-0.15, -0.1) is 0 Å². The van der Waals surface area contributed by atoms with Crippen LogP contribution in [-0.2, 0) is 42.1 Å². The first-order valence-electron chi connectivity index (χ1n) is 9.14. The molecule has 2 atom stereocenters. The van der Waals surface area contributed by atoms with Crippen LogP contribution in [0.4, 0.5) is 0 Å². The van der Waals surface area contributed by atoms with E-state index in [1.54, 1.807) is 12.1 Å². The molecule has 0 aromatic heterocycles. The lowest BCUT2D eigenvalue weighted by molar-refractivity contribution is -0.141. The van der Waals surface area contributed by atoms with Crippen LogP contribution in [0.25, 0.3) is 0 Å². The van der Waals surface area contributed by atoms with Crippen LogP contribution in [0.3, 0.4) is 0 Å². The van der Waals surface area contributed by atoms with Gasteiger partial charge in [0, 0.05) is 18.9 Å². The van der Waals surface area contributed by atoms with Gasteiger partial charge in [0.05, 0.1) is 15.8 Å². The van der Waals surface area contributed by atoms with Gasteiger partial charge in [-0.25, -0.2) is 21.6 Å². The van der Waals surface area contributed by atoms with Crippen molar-refractivity contribution < 1.29 is 31.5 Å². The summed E-state index contributed by atoms with van der Waals surface area (Å²) in [7, 11) is -6.89. The molecule has 0 aliphatic rings. The predicted molar refractivity (Wildman–Crippen MR) is 114 cm³/mol. The zero-order valence-corrected chi connectivity index (χ0v) is 18.6. The molecule has 0 spiro atoms. The van der Waals surface area contributed by atoms with Crippen LogP contribution in [0.5, 0.6) is 0 Å².